The van der Waals surface area contributed by atoms with Gasteiger partial charge in [0, 0.05) is 6.54 Å². The number of halogens is 1. The molecule has 0 radical (unpaired) electrons. The zero-order chi connectivity index (χ0) is 12.1. The number of hydrogen-bond acceptors (Lipinski definition) is 4. The predicted molar refractivity (Wildman–Crippen MR) is 71.6 cm³/mol. The second-order valence-electron chi connectivity index (χ2n) is 3.34. The number of carbonyl (C=O) groups is 1. The Morgan fingerprint density at radius 1 is 1.62 bits per heavy atom. The Hall–Kier alpha value is -1.11. The van der Waals surface area contributed by atoms with Gasteiger partial charge in [-0.1, -0.05) is 12.2 Å². The highest BCUT2D eigenvalue weighted by Crippen LogP contribution is 2.16. The number of anilines is 1. The van der Waals surface area contributed by atoms with Crippen molar-refractivity contribution in [2.75, 3.05) is 19.0 Å². The van der Waals surface area contributed by atoms with Gasteiger partial charge in [-0.2, -0.15) is 0 Å². The smallest absolute Gasteiger partial charge is 0.356 e. The quantitative estimate of drug-likeness (QED) is 0.398. The van der Waals surface area contributed by atoms with E-state index in [0.717, 1.165) is 15.0 Å². The van der Waals surface area contributed by atoms with Crippen LogP contribution in [-0.4, -0.2) is 24.6 Å². The summed E-state index contributed by atoms with van der Waals surface area (Å²) in [5.74, 6) is -0.427. The van der Waals surface area contributed by atoms with Crippen LogP contribution in [0.1, 0.15) is 17.4 Å². The molecule has 0 amide bonds. The average Bonchev–Trinajstić information content (AvgIpc) is 2.26. The first-order chi connectivity index (χ1) is 7.54. The van der Waals surface area contributed by atoms with E-state index >= 15 is 0 Å². The summed E-state index contributed by atoms with van der Waals surface area (Å²) >= 11 is 2.07. The number of methoxy groups -OCH3 is 1. The minimum Gasteiger partial charge on any atom is -0.464 e. The van der Waals surface area contributed by atoms with Crippen LogP contribution in [0.3, 0.4) is 0 Å². The van der Waals surface area contributed by atoms with Crippen LogP contribution in [0.25, 0.3) is 0 Å². The highest BCUT2D eigenvalue weighted by Gasteiger charge is 2.09. The number of hydrogen-bond donors (Lipinski definition) is 1. The Balaban J connectivity index is 2.83. The first-order valence-electron chi connectivity index (χ1n) is 4.67. The number of pyridine rings is 1. The SMILES string of the molecule is C=C(C)CNc1ccc(C(=O)OC)nc1I. The number of rotatable bonds is 4. The number of nitrogens with zero attached hydrogens (tertiary/aromatic N) is 1. The number of nitrogens with one attached hydrogen (secondary N) is 1. The monoisotopic (exact) mass is 332 g/mol. The van der Waals surface area contributed by atoms with E-state index in [2.05, 4.69) is 44.2 Å². The molecule has 0 unspecified atom stereocenters. The third kappa shape index (κ3) is 3.48. The summed E-state index contributed by atoms with van der Waals surface area (Å²) in [6, 6.07) is 3.44. The second kappa shape index (κ2) is 5.83. The fourth-order valence-corrected chi connectivity index (χ4v) is 1.66. The van der Waals surface area contributed by atoms with Crippen molar-refractivity contribution < 1.29 is 9.53 Å². The van der Waals surface area contributed by atoms with Crippen molar-refractivity contribution >= 4 is 34.2 Å². The minimum atomic E-state index is -0.427. The molecule has 0 aromatic carbocycles. The molecule has 1 heterocycles. The van der Waals surface area contributed by atoms with Crippen LogP contribution < -0.4 is 5.32 Å². The van der Waals surface area contributed by atoms with Gasteiger partial charge < -0.3 is 10.1 Å². The molecule has 0 saturated heterocycles. The van der Waals surface area contributed by atoms with Gasteiger partial charge in [0.25, 0.3) is 0 Å². The van der Waals surface area contributed by atoms with Gasteiger partial charge in [0.2, 0.25) is 0 Å². The fourth-order valence-electron chi connectivity index (χ4n) is 1.03. The summed E-state index contributed by atoms with van der Waals surface area (Å²) in [6.07, 6.45) is 0. The van der Waals surface area contributed by atoms with Crippen molar-refractivity contribution in [2.24, 2.45) is 0 Å². The third-order valence-electron chi connectivity index (χ3n) is 1.82. The van der Waals surface area contributed by atoms with E-state index in [1.54, 1.807) is 6.07 Å². The first kappa shape index (κ1) is 13.0. The van der Waals surface area contributed by atoms with Gasteiger partial charge in [0.05, 0.1) is 12.8 Å². The molecule has 0 atom stereocenters. The van der Waals surface area contributed by atoms with Crippen molar-refractivity contribution in [1.82, 2.24) is 4.98 Å². The molecular weight excluding hydrogens is 319 g/mol. The number of carbonyl (C=O) groups excluding carboxylic acids is 1. The molecule has 1 N–H and O–H groups in total. The topological polar surface area (TPSA) is 51.2 Å². The van der Waals surface area contributed by atoms with E-state index < -0.39 is 5.97 Å². The van der Waals surface area contributed by atoms with Crippen molar-refractivity contribution in [1.29, 1.82) is 0 Å². The van der Waals surface area contributed by atoms with Crippen molar-refractivity contribution in [3.05, 3.63) is 33.7 Å². The highest BCUT2D eigenvalue weighted by atomic mass is 127. The summed E-state index contributed by atoms with van der Waals surface area (Å²) in [6.45, 7) is 6.43. The summed E-state index contributed by atoms with van der Waals surface area (Å²) in [4.78, 5) is 15.4. The zero-order valence-electron chi connectivity index (χ0n) is 9.21. The highest BCUT2D eigenvalue weighted by molar-refractivity contribution is 14.1. The molecule has 1 aromatic rings. The van der Waals surface area contributed by atoms with E-state index in [-0.39, 0.29) is 0 Å². The zero-order valence-corrected chi connectivity index (χ0v) is 11.4. The Labute approximate surface area is 108 Å². The van der Waals surface area contributed by atoms with Crippen molar-refractivity contribution in [2.45, 2.75) is 6.92 Å². The second-order valence-corrected chi connectivity index (χ2v) is 4.36. The Kier molecular flexibility index (Phi) is 4.72. The van der Waals surface area contributed by atoms with Crippen molar-refractivity contribution in [3.63, 3.8) is 0 Å². The molecule has 0 spiro atoms. The van der Waals surface area contributed by atoms with Crippen molar-refractivity contribution in [3.8, 4) is 0 Å². The Morgan fingerprint density at radius 3 is 2.81 bits per heavy atom. The first-order valence-corrected chi connectivity index (χ1v) is 5.75. The lowest BCUT2D eigenvalue weighted by atomic mass is 10.3. The average molecular weight is 332 g/mol. The number of ether oxygens (including phenoxy) is 1. The molecule has 0 aliphatic heterocycles. The van der Waals surface area contributed by atoms with E-state index in [1.165, 1.54) is 7.11 Å². The number of aromatic nitrogens is 1. The van der Waals surface area contributed by atoms with Crippen LogP contribution in [0.15, 0.2) is 24.3 Å². The normalized spacial score (nSPS) is 9.69. The third-order valence-corrected chi connectivity index (χ3v) is 2.65. The molecule has 0 fully saturated rings. The van der Waals surface area contributed by atoms with Gasteiger partial charge in [-0.05, 0) is 41.6 Å². The maximum absolute atomic E-state index is 11.2. The summed E-state index contributed by atoms with van der Waals surface area (Å²) < 4.78 is 5.33. The molecule has 0 bridgehead atoms. The summed E-state index contributed by atoms with van der Waals surface area (Å²) in [7, 11) is 1.34. The van der Waals surface area contributed by atoms with Gasteiger partial charge in [-0.15, -0.1) is 0 Å². The lowest BCUT2D eigenvalue weighted by Gasteiger charge is -2.08. The number of esters is 1. The van der Waals surface area contributed by atoms with Gasteiger partial charge in [-0.3, -0.25) is 0 Å². The van der Waals surface area contributed by atoms with Gasteiger partial charge in [-0.25, -0.2) is 9.78 Å². The molecule has 5 heteroatoms. The Morgan fingerprint density at radius 2 is 2.31 bits per heavy atom. The molecular formula is C11H13IN2O2. The van der Waals surface area contributed by atoms with Crippen LogP contribution in [0, 0.1) is 3.70 Å². The molecule has 0 saturated carbocycles. The van der Waals surface area contributed by atoms with Gasteiger partial charge in [0.15, 0.2) is 0 Å². The standard InChI is InChI=1S/C11H13IN2O2/c1-7(2)6-13-8-4-5-9(11(15)16-3)14-10(8)12/h4-5,13H,1,6H2,2-3H3. The van der Waals surface area contributed by atoms with Gasteiger partial charge >= 0.3 is 5.97 Å². The molecule has 16 heavy (non-hydrogen) atoms. The molecule has 4 nitrogen and oxygen atoms in total. The summed E-state index contributed by atoms with van der Waals surface area (Å²) in [5, 5.41) is 3.17. The van der Waals surface area contributed by atoms with E-state index in [1.807, 2.05) is 13.0 Å². The van der Waals surface area contributed by atoms with Gasteiger partial charge in [0.1, 0.15) is 9.39 Å². The largest absolute Gasteiger partial charge is 0.464 e. The maximum Gasteiger partial charge on any atom is 0.356 e. The lowest BCUT2D eigenvalue weighted by molar-refractivity contribution is 0.0594. The predicted octanol–water partition coefficient (Wildman–Crippen LogP) is 2.46. The van der Waals surface area contributed by atoms with Crippen LogP contribution >= 0.6 is 22.6 Å². The summed E-state index contributed by atoms with van der Waals surface area (Å²) in [5.41, 5.74) is 2.23. The van der Waals surface area contributed by atoms with Crippen LogP contribution in [-0.2, 0) is 4.74 Å². The fraction of sp³-hybridized carbons (Fsp3) is 0.273. The van der Waals surface area contributed by atoms with E-state index in [9.17, 15) is 4.79 Å². The maximum atomic E-state index is 11.2. The molecule has 1 rings (SSSR count). The van der Waals surface area contributed by atoms with E-state index in [0.29, 0.717) is 12.2 Å². The Bertz CT molecular complexity index is 418. The molecule has 1 aromatic heterocycles. The van der Waals surface area contributed by atoms with E-state index in [4.69, 9.17) is 0 Å². The minimum absolute atomic E-state index is 0.313. The van der Waals surface area contributed by atoms with Crippen LogP contribution in [0.5, 0.6) is 0 Å². The van der Waals surface area contributed by atoms with Crippen LogP contribution in [0.2, 0.25) is 0 Å². The van der Waals surface area contributed by atoms with Crippen LogP contribution in [0.4, 0.5) is 5.69 Å². The molecule has 0 aliphatic rings. The lowest BCUT2D eigenvalue weighted by Crippen LogP contribution is -2.09. The molecule has 86 valence electrons. The molecule has 0 aliphatic carbocycles.